The van der Waals surface area contributed by atoms with Crippen LogP contribution in [0, 0.1) is 0 Å². The maximum absolute atomic E-state index is 11.1. The topological polar surface area (TPSA) is 46.9 Å². The Balaban J connectivity index is 2.30. The summed E-state index contributed by atoms with van der Waals surface area (Å²) in [5.41, 5.74) is 1.07. The lowest BCUT2D eigenvalue weighted by molar-refractivity contribution is -0.119. The van der Waals surface area contributed by atoms with Crippen LogP contribution < -0.4 is 5.32 Å². The van der Waals surface area contributed by atoms with Crippen molar-refractivity contribution in [3.05, 3.63) is 18.0 Å². The Morgan fingerprint density at radius 3 is 2.92 bits per heavy atom. The minimum Gasteiger partial charge on any atom is -0.355 e. The minimum atomic E-state index is -0.0641. The largest absolute Gasteiger partial charge is 0.355 e. The van der Waals surface area contributed by atoms with E-state index in [4.69, 9.17) is 0 Å². The molecular weight excluding hydrogens is 166 g/mol. The Bertz CT molecular complexity index is 344. The highest BCUT2D eigenvalue weighted by atomic mass is 16.1. The molecular formula is C9H13N3O. The summed E-state index contributed by atoms with van der Waals surface area (Å²) in [7, 11) is 1.89. The number of aromatic nitrogens is 2. The molecule has 1 fully saturated rings. The quantitative estimate of drug-likeness (QED) is 0.669. The van der Waals surface area contributed by atoms with Crippen molar-refractivity contribution in [3.8, 4) is 0 Å². The van der Waals surface area contributed by atoms with Gasteiger partial charge in [-0.2, -0.15) is 5.10 Å². The highest BCUT2D eigenvalue weighted by Gasteiger charge is 2.36. The van der Waals surface area contributed by atoms with Crippen LogP contribution in [0.15, 0.2) is 12.4 Å². The number of amides is 1. The van der Waals surface area contributed by atoms with E-state index in [1.165, 1.54) is 0 Å². The third-order valence-electron chi connectivity index (χ3n) is 2.63. The maximum Gasteiger partial charge on any atom is 0.220 e. The van der Waals surface area contributed by atoms with Gasteiger partial charge in [0.15, 0.2) is 0 Å². The van der Waals surface area contributed by atoms with Crippen molar-refractivity contribution in [2.45, 2.75) is 18.8 Å². The van der Waals surface area contributed by atoms with Gasteiger partial charge in [0.1, 0.15) is 0 Å². The van der Waals surface area contributed by atoms with Crippen molar-refractivity contribution < 1.29 is 4.79 Å². The molecule has 4 nitrogen and oxygen atoms in total. The molecule has 1 aliphatic rings. The Kier molecular flexibility index (Phi) is 1.65. The van der Waals surface area contributed by atoms with Gasteiger partial charge in [0.05, 0.1) is 6.20 Å². The minimum absolute atomic E-state index is 0.0641. The molecule has 0 radical (unpaired) electrons. The molecule has 70 valence electrons. The summed E-state index contributed by atoms with van der Waals surface area (Å²) in [5.74, 6) is 0.131. The van der Waals surface area contributed by atoms with Crippen LogP contribution in [0.4, 0.5) is 0 Å². The highest BCUT2D eigenvalue weighted by Crippen LogP contribution is 2.29. The second-order valence-electron chi connectivity index (χ2n) is 3.92. The van der Waals surface area contributed by atoms with E-state index in [-0.39, 0.29) is 11.3 Å². The van der Waals surface area contributed by atoms with Crippen LogP contribution in [0.3, 0.4) is 0 Å². The van der Waals surface area contributed by atoms with Crippen LogP contribution in [-0.2, 0) is 17.3 Å². The first-order chi connectivity index (χ1) is 6.10. The number of rotatable bonds is 1. The average molecular weight is 179 g/mol. The van der Waals surface area contributed by atoms with E-state index >= 15 is 0 Å². The van der Waals surface area contributed by atoms with Crippen LogP contribution in [0.2, 0.25) is 0 Å². The molecule has 0 spiro atoms. The van der Waals surface area contributed by atoms with Gasteiger partial charge in [-0.15, -0.1) is 0 Å². The van der Waals surface area contributed by atoms with Gasteiger partial charge in [-0.05, 0) is 5.56 Å². The fourth-order valence-electron chi connectivity index (χ4n) is 1.71. The number of carbonyl (C=O) groups is 1. The molecule has 0 bridgehead atoms. The number of carbonyl (C=O) groups excluding carboxylic acids is 1. The van der Waals surface area contributed by atoms with E-state index in [9.17, 15) is 4.79 Å². The van der Waals surface area contributed by atoms with Crippen molar-refractivity contribution in [2.24, 2.45) is 7.05 Å². The smallest absolute Gasteiger partial charge is 0.220 e. The van der Waals surface area contributed by atoms with Crippen LogP contribution in [0.1, 0.15) is 18.9 Å². The lowest BCUT2D eigenvalue weighted by atomic mass is 9.84. The molecule has 0 aromatic carbocycles. The normalized spacial score (nSPS) is 27.7. The van der Waals surface area contributed by atoms with Crippen LogP contribution in [0.5, 0.6) is 0 Å². The van der Waals surface area contributed by atoms with E-state index in [0.29, 0.717) is 6.42 Å². The van der Waals surface area contributed by atoms with E-state index in [0.717, 1.165) is 12.1 Å². The number of hydrogen-bond acceptors (Lipinski definition) is 2. The number of aryl methyl sites for hydroxylation is 1. The molecule has 1 aliphatic heterocycles. The van der Waals surface area contributed by atoms with Gasteiger partial charge in [-0.1, -0.05) is 6.92 Å². The van der Waals surface area contributed by atoms with Crippen LogP contribution in [-0.4, -0.2) is 22.2 Å². The zero-order valence-electron chi connectivity index (χ0n) is 7.87. The third kappa shape index (κ3) is 1.32. The molecule has 4 heteroatoms. The maximum atomic E-state index is 11.1. The summed E-state index contributed by atoms with van der Waals surface area (Å²) in [6, 6.07) is 0. The zero-order valence-corrected chi connectivity index (χ0v) is 7.87. The monoisotopic (exact) mass is 179 g/mol. The van der Waals surface area contributed by atoms with Gasteiger partial charge in [0, 0.05) is 31.6 Å². The molecule has 1 aromatic heterocycles. The van der Waals surface area contributed by atoms with Crippen molar-refractivity contribution in [3.63, 3.8) is 0 Å². The Morgan fingerprint density at radius 2 is 2.46 bits per heavy atom. The SMILES string of the molecule is Cn1cc(C2(C)CNC(=O)C2)cn1. The van der Waals surface area contributed by atoms with Gasteiger partial charge in [-0.25, -0.2) is 0 Å². The van der Waals surface area contributed by atoms with Crippen molar-refractivity contribution in [2.75, 3.05) is 6.54 Å². The molecule has 0 saturated carbocycles. The van der Waals surface area contributed by atoms with Gasteiger partial charge in [-0.3, -0.25) is 9.48 Å². The Morgan fingerprint density at radius 1 is 1.69 bits per heavy atom. The summed E-state index contributed by atoms with van der Waals surface area (Å²) in [4.78, 5) is 11.1. The van der Waals surface area contributed by atoms with Crippen molar-refractivity contribution in [1.82, 2.24) is 15.1 Å². The molecule has 1 unspecified atom stereocenters. The van der Waals surface area contributed by atoms with Crippen LogP contribution in [0.25, 0.3) is 0 Å². The zero-order chi connectivity index (χ0) is 9.47. The first-order valence-electron chi connectivity index (χ1n) is 4.36. The summed E-state index contributed by atoms with van der Waals surface area (Å²) in [6.07, 6.45) is 4.37. The van der Waals surface area contributed by atoms with E-state index < -0.39 is 0 Å². The average Bonchev–Trinajstić information content (AvgIpc) is 2.60. The fourth-order valence-corrected chi connectivity index (χ4v) is 1.71. The Labute approximate surface area is 76.9 Å². The molecule has 1 atom stereocenters. The first-order valence-corrected chi connectivity index (χ1v) is 4.36. The molecule has 2 heterocycles. The van der Waals surface area contributed by atoms with Gasteiger partial charge >= 0.3 is 0 Å². The van der Waals surface area contributed by atoms with Gasteiger partial charge in [0.25, 0.3) is 0 Å². The number of nitrogens with one attached hydrogen (secondary N) is 1. The Hall–Kier alpha value is -1.32. The predicted molar refractivity (Wildman–Crippen MR) is 48.2 cm³/mol. The molecule has 1 aromatic rings. The van der Waals surface area contributed by atoms with Gasteiger partial charge < -0.3 is 5.32 Å². The van der Waals surface area contributed by atoms with Crippen molar-refractivity contribution >= 4 is 5.91 Å². The predicted octanol–water partition coefficient (Wildman–Crippen LogP) is 0.198. The third-order valence-corrected chi connectivity index (χ3v) is 2.63. The summed E-state index contributed by atoms with van der Waals surface area (Å²) >= 11 is 0. The fraction of sp³-hybridized carbons (Fsp3) is 0.556. The second kappa shape index (κ2) is 2.58. The number of nitrogens with zero attached hydrogens (tertiary/aromatic N) is 2. The van der Waals surface area contributed by atoms with E-state index in [1.54, 1.807) is 4.68 Å². The second-order valence-corrected chi connectivity index (χ2v) is 3.92. The molecule has 0 aliphatic carbocycles. The van der Waals surface area contributed by atoms with E-state index in [1.807, 2.05) is 19.4 Å². The lowest BCUT2D eigenvalue weighted by Crippen LogP contribution is -2.24. The van der Waals surface area contributed by atoms with E-state index in [2.05, 4.69) is 17.3 Å². The highest BCUT2D eigenvalue weighted by molar-refractivity contribution is 5.80. The number of hydrogen-bond donors (Lipinski definition) is 1. The van der Waals surface area contributed by atoms with Crippen LogP contribution >= 0.6 is 0 Å². The summed E-state index contributed by atoms with van der Waals surface area (Å²) in [6.45, 7) is 2.80. The molecule has 1 amide bonds. The molecule has 13 heavy (non-hydrogen) atoms. The molecule has 1 N–H and O–H groups in total. The van der Waals surface area contributed by atoms with Gasteiger partial charge in [0.2, 0.25) is 5.91 Å². The lowest BCUT2D eigenvalue weighted by Gasteiger charge is -2.18. The standard InChI is InChI=1S/C9H13N3O/c1-9(3-8(13)10-6-9)7-4-11-12(2)5-7/h4-5H,3,6H2,1-2H3,(H,10,13). The summed E-state index contributed by atoms with van der Waals surface area (Å²) < 4.78 is 1.77. The molecule has 1 saturated heterocycles. The molecule has 2 rings (SSSR count). The summed E-state index contributed by atoms with van der Waals surface area (Å²) in [5, 5.41) is 6.95. The first kappa shape index (κ1) is 8.29. The van der Waals surface area contributed by atoms with Crippen molar-refractivity contribution in [1.29, 1.82) is 0 Å².